The van der Waals surface area contributed by atoms with Crippen molar-refractivity contribution < 1.29 is 4.52 Å². The lowest BCUT2D eigenvalue weighted by Crippen LogP contribution is -1.99. The van der Waals surface area contributed by atoms with E-state index in [1.807, 2.05) is 13.8 Å². The van der Waals surface area contributed by atoms with Crippen molar-refractivity contribution in [3.05, 3.63) is 40.5 Å². The van der Waals surface area contributed by atoms with Gasteiger partial charge in [-0.1, -0.05) is 5.16 Å². The van der Waals surface area contributed by atoms with Crippen LogP contribution in [0.2, 0.25) is 0 Å². The number of aryl methyl sites for hydroxylation is 2. The van der Waals surface area contributed by atoms with Crippen LogP contribution in [0.3, 0.4) is 0 Å². The van der Waals surface area contributed by atoms with Gasteiger partial charge in [0.15, 0.2) is 0 Å². The van der Waals surface area contributed by atoms with Crippen LogP contribution in [0.1, 0.15) is 61.4 Å². The topological polar surface area (TPSA) is 67.1 Å². The zero-order valence-corrected chi connectivity index (χ0v) is 16.6. The third kappa shape index (κ3) is 2.42. The summed E-state index contributed by atoms with van der Waals surface area (Å²) >= 11 is 0. The van der Waals surface area contributed by atoms with Gasteiger partial charge in [-0.25, -0.2) is 4.98 Å². The van der Waals surface area contributed by atoms with Gasteiger partial charge < -0.3 is 9.51 Å². The molecule has 142 valence electrons. The normalized spacial score (nSPS) is 19.8. The van der Waals surface area contributed by atoms with Gasteiger partial charge in [0.1, 0.15) is 11.6 Å². The van der Waals surface area contributed by atoms with E-state index >= 15 is 0 Å². The molecule has 2 fully saturated rings. The SMILES string of the molecule is CC1=NCC(C2CC2)=C1c1cc(-c2c(C)noc2C)cc2[nH]c(C3CC3)nc12. The summed E-state index contributed by atoms with van der Waals surface area (Å²) in [7, 11) is 0. The Hall–Kier alpha value is -2.69. The second-order valence-electron chi connectivity index (χ2n) is 8.59. The summed E-state index contributed by atoms with van der Waals surface area (Å²) in [5, 5.41) is 4.17. The summed E-state index contributed by atoms with van der Waals surface area (Å²) in [5.74, 6) is 3.29. The first-order valence-corrected chi connectivity index (χ1v) is 10.3. The summed E-state index contributed by atoms with van der Waals surface area (Å²) in [6, 6.07) is 4.50. The Morgan fingerprint density at radius 2 is 1.82 bits per heavy atom. The molecule has 0 unspecified atom stereocenters. The average Bonchev–Trinajstić information content (AvgIpc) is 3.59. The molecule has 3 aromatic rings. The largest absolute Gasteiger partial charge is 0.361 e. The Morgan fingerprint density at radius 3 is 2.50 bits per heavy atom. The van der Waals surface area contributed by atoms with Crippen molar-refractivity contribution >= 4 is 22.3 Å². The van der Waals surface area contributed by atoms with Crippen LogP contribution in [0.5, 0.6) is 0 Å². The molecular formula is C23H24N4O. The van der Waals surface area contributed by atoms with Crippen molar-refractivity contribution in [1.29, 1.82) is 0 Å². The molecule has 1 aromatic carbocycles. The third-order valence-corrected chi connectivity index (χ3v) is 6.40. The first kappa shape index (κ1) is 16.3. The maximum absolute atomic E-state index is 5.46. The maximum Gasteiger partial charge on any atom is 0.141 e. The summed E-state index contributed by atoms with van der Waals surface area (Å²) in [6.07, 6.45) is 5.06. The highest BCUT2D eigenvalue weighted by Gasteiger charge is 2.34. The van der Waals surface area contributed by atoms with E-state index in [-0.39, 0.29) is 0 Å². The standard InChI is InChI=1S/C23H24N4O/c1-11-21(18(10-24-11)14-4-5-14)17-8-16(20-12(2)27-28-13(20)3)9-19-22(17)26-23(25-19)15-6-7-15/h8-9,14-15H,4-7,10H2,1-3H3,(H,25,26). The van der Waals surface area contributed by atoms with Gasteiger partial charge in [-0.3, -0.25) is 4.99 Å². The van der Waals surface area contributed by atoms with E-state index in [0.717, 1.165) is 51.7 Å². The number of fused-ring (bicyclic) bond motifs is 1. The number of hydrogen-bond donors (Lipinski definition) is 1. The number of benzene rings is 1. The minimum atomic E-state index is 0.595. The highest BCUT2D eigenvalue weighted by molar-refractivity contribution is 6.27. The molecule has 1 aliphatic heterocycles. The predicted octanol–water partition coefficient (Wildman–Crippen LogP) is 5.35. The predicted molar refractivity (Wildman–Crippen MR) is 111 cm³/mol. The van der Waals surface area contributed by atoms with Crippen LogP contribution in [0, 0.1) is 19.8 Å². The van der Waals surface area contributed by atoms with E-state index in [0.29, 0.717) is 11.8 Å². The minimum Gasteiger partial charge on any atom is -0.361 e. The molecule has 2 saturated carbocycles. The minimum absolute atomic E-state index is 0.595. The molecule has 0 bridgehead atoms. The number of nitrogens with one attached hydrogen (secondary N) is 1. The Balaban J connectivity index is 1.64. The van der Waals surface area contributed by atoms with E-state index in [9.17, 15) is 0 Å². The van der Waals surface area contributed by atoms with E-state index in [1.54, 1.807) is 0 Å². The molecule has 2 aromatic heterocycles. The fourth-order valence-electron chi connectivity index (χ4n) is 4.64. The fourth-order valence-corrected chi connectivity index (χ4v) is 4.64. The highest BCUT2D eigenvalue weighted by Crippen LogP contribution is 2.46. The molecule has 0 atom stereocenters. The zero-order chi connectivity index (χ0) is 19.0. The molecule has 0 saturated heterocycles. The Kier molecular flexibility index (Phi) is 3.29. The second kappa shape index (κ2) is 5.66. The molecule has 0 spiro atoms. The van der Waals surface area contributed by atoms with Crippen LogP contribution in [-0.4, -0.2) is 27.4 Å². The number of H-pyrrole nitrogens is 1. The van der Waals surface area contributed by atoms with Crippen LogP contribution < -0.4 is 0 Å². The summed E-state index contributed by atoms with van der Waals surface area (Å²) in [5.41, 5.74) is 10.6. The van der Waals surface area contributed by atoms with Crippen LogP contribution >= 0.6 is 0 Å². The van der Waals surface area contributed by atoms with Crippen molar-refractivity contribution in [3.63, 3.8) is 0 Å². The van der Waals surface area contributed by atoms with E-state index in [2.05, 4.69) is 29.2 Å². The summed E-state index contributed by atoms with van der Waals surface area (Å²) in [4.78, 5) is 13.5. The first-order valence-electron chi connectivity index (χ1n) is 10.3. The number of hydrogen-bond acceptors (Lipinski definition) is 4. The number of nitrogens with zero attached hydrogens (tertiary/aromatic N) is 3. The molecule has 0 radical (unpaired) electrons. The lowest BCUT2D eigenvalue weighted by molar-refractivity contribution is 0.393. The van der Waals surface area contributed by atoms with Gasteiger partial charge in [-0.05, 0) is 75.6 Å². The molecule has 5 nitrogen and oxygen atoms in total. The second-order valence-corrected chi connectivity index (χ2v) is 8.59. The summed E-state index contributed by atoms with van der Waals surface area (Å²) in [6.45, 7) is 6.99. The molecule has 6 rings (SSSR count). The van der Waals surface area contributed by atoms with Gasteiger partial charge in [-0.15, -0.1) is 0 Å². The quantitative estimate of drug-likeness (QED) is 0.671. The molecular weight excluding hydrogens is 348 g/mol. The lowest BCUT2D eigenvalue weighted by atomic mass is 9.91. The number of allylic oxidation sites excluding steroid dienone is 1. The van der Waals surface area contributed by atoms with E-state index in [1.165, 1.54) is 42.4 Å². The van der Waals surface area contributed by atoms with Crippen molar-refractivity contribution in [2.75, 3.05) is 6.54 Å². The van der Waals surface area contributed by atoms with Gasteiger partial charge in [0.25, 0.3) is 0 Å². The molecule has 28 heavy (non-hydrogen) atoms. The van der Waals surface area contributed by atoms with Crippen LogP contribution in [0.25, 0.3) is 27.7 Å². The Morgan fingerprint density at radius 1 is 1.04 bits per heavy atom. The zero-order valence-electron chi connectivity index (χ0n) is 16.6. The Labute approximate surface area is 163 Å². The van der Waals surface area contributed by atoms with Crippen molar-refractivity contribution in [2.45, 2.75) is 52.4 Å². The van der Waals surface area contributed by atoms with Gasteiger partial charge in [0.2, 0.25) is 0 Å². The lowest BCUT2D eigenvalue weighted by Gasteiger charge is -2.11. The van der Waals surface area contributed by atoms with E-state index < -0.39 is 0 Å². The average molecular weight is 372 g/mol. The molecule has 2 aliphatic carbocycles. The van der Waals surface area contributed by atoms with Gasteiger partial charge in [0, 0.05) is 28.3 Å². The molecule has 5 heteroatoms. The van der Waals surface area contributed by atoms with Crippen LogP contribution in [0.15, 0.2) is 27.2 Å². The van der Waals surface area contributed by atoms with Gasteiger partial charge >= 0.3 is 0 Å². The first-order chi connectivity index (χ1) is 13.6. The van der Waals surface area contributed by atoms with E-state index in [4.69, 9.17) is 14.5 Å². The highest BCUT2D eigenvalue weighted by atomic mass is 16.5. The number of aromatic nitrogens is 3. The Bertz CT molecular complexity index is 1170. The number of aliphatic imine (C=N–C) groups is 1. The fraction of sp³-hybridized carbons (Fsp3) is 0.435. The van der Waals surface area contributed by atoms with Crippen LogP contribution in [-0.2, 0) is 0 Å². The molecule has 1 N–H and O–H groups in total. The molecule has 0 amide bonds. The summed E-state index contributed by atoms with van der Waals surface area (Å²) < 4.78 is 5.46. The van der Waals surface area contributed by atoms with Crippen molar-refractivity contribution in [2.24, 2.45) is 10.9 Å². The number of rotatable bonds is 4. The molecule has 3 aliphatic rings. The van der Waals surface area contributed by atoms with Crippen molar-refractivity contribution in [3.8, 4) is 11.1 Å². The number of aromatic amines is 1. The maximum atomic E-state index is 5.46. The third-order valence-electron chi connectivity index (χ3n) is 6.40. The molecule has 3 heterocycles. The van der Waals surface area contributed by atoms with Crippen LogP contribution in [0.4, 0.5) is 0 Å². The van der Waals surface area contributed by atoms with Gasteiger partial charge in [0.05, 0.1) is 23.3 Å². The monoisotopic (exact) mass is 372 g/mol. The van der Waals surface area contributed by atoms with Gasteiger partial charge in [-0.2, -0.15) is 0 Å². The smallest absolute Gasteiger partial charge is 0.141 e. The van der Waals surface area contributed by atoms with Crippen molar-refractivity contribution in [1.82, 2.24) is 15.1 Å². The number of imidazole rings is 1.